The second-order valence-corrected chi connectivity index (χ2v) is 7.50. The molecule has 4 rings (SSSR count). The lowest BCUT2D eigenvalue weighted by atomic mass is 10.1. The second kappa shape index (κ2) is 7.33. The summed E-state index contributed by atoms with van der Waals surface area (Å²) in [6, 6.07) is 11.3. The number of hydrazone groups is 1. The molecule has 1 aliphatic rings. The molecule has 0 N–H and O–H groups in total. The van der Waals surface area contributed by atoms with Gasteiger partial charge in [-0.1, -0.05) is 6.07 Å². The minimum Gasteiger partial charge on any atom is -0.468 e. The lowest BCUT2D eigenvalue weighted by Crippen LogP contribution is -2.28. The predicted octanol–water partition coefficient (Wildman–Crippen LogP) is 4.55. The zero-order chi connectivity index (χ0) is 17.1. The van der Waals surface area contributed by atoms with Crippen LogP contribution in [0.1, 0.15) is 28.9 Å². The second-order valence-electron chi connectivity index (χ2n) is 5.57. The minimum absolute atomic E-state index is 0.0236. The molecule has 1 aliphatic heterocycles. The smallest absolute Gasteiger partial charge is 0.253 e. The van der Waals surface area contributed by atoms with Crippen molar-refractivity contribution in [3.63, 3.8) is 0 Å². The Labute approximate surface area is 153 Å². The summed E-state index contributed by atoms with van der Waals surface area (Å²) >= 11 is 3.15. The van der Waals surface area contributed by atoms with Crippen LogP contribution in [-0.2, 0) is 10.5 Å². The molecule has 0 radical (unpaired) electrons. The van der Waals surface area contributed by atoms with Gasteiger partial charge in [-0.15, -0.1) is 23.1 Å². The van der Waals surface area contributed by atoms with Crippen LogP contribution in [0.2, 0.25) is 0 Å². The molecule has 0 saturated heterocycles. The standard InChI is InChI=1S/C18H16N2O3S2/c21-18(12-24-11-13-4-1-7-22-13)20-15(16-5-2-8-23-16)10-14(19-20)17-6-3-9-25-17/h1-9,15H,10-12H2. The van der Waals surface area contributed by atoms with Gasteiger partial charge in [-0.2, -0.15) is 5.10 Å². The molecule has 3 aromatic heterocycles. The van der Waals surface area contributed by atoms with Gasteiger partial charge in [-0.25, -0.2) is 5.01 Å². The molecule has 3 aromatic rings. The zero-order valence-corrected chi connectivity index (χ0v) is 15.0. The van der Waals surface area contributed by atoms with Crippen LogP contribution in [0.5, 0.6) is 0 Å². The molecule has 0 saturated carbocycles. The van der Waals surface area contributed by atoms with E-state index in [4.69, 9.17) is 8.83 Å². The molecule has 1 atom stereocenters. The van der Waals surface area contributed by atoms with Crippen LogP contribution in [0, 0.1) is 0 Å². The SMILES string of the molecule is O=C(CSCc1ccco1)N1N=C(c2cccs2)CC1c1ccco1. The first-order valence-corrected chi connectivity index (χ1v) is 9.91. The maximum absolute atomic E-state index is 12.7. The van der Waals surface area contributed by atoms with Crippen LogP contribution < -0.4 is 0 Å². The summed E-state index contributed by atoms with van der Waals surface area (Å²) < 4.78 is 10.8. The Kier molecular flexibility index (Phi) is 4.76. The van der Waals surface area contributed by atoms with Gasteiger partial charge in [0.2, 0.25) is 0 Å². The number of thioether (sulfide) groups is 1. The summed E-state index contributed by atoms with van der Waals surface area (Å²) in [7, 11) is 0. The highest BCUT2D eigenvalue weighted by molar-refractivity contribution is 7.99. The molecule has 0 fully saturated rings. The van der Waals surface area contributed by atoms with Gasteiger partial charge in [-0.3, -0.25) is 4.79 Å². The number of thiophene rings is 1. The van der Waals surface area contributed by atoms with Gasteiger partial charge in [0.15, 0.2) is 0 Å². The van der Waals surface area contributed by atoms with Gasteiger partial charge in [0.25, 0.3) is 5.91 Å². The summed E-state index contributed by atoms with van der Waals surface area (Å²) in [5.41, 5.74) is 0.931. The Balaban J connectivity index is 1.48. The Hall–Kier alpha value is -2.25. The van der Waals surface area contributed by atoms with E-state index in [1.807, 2.05) is 41.8 Å². The number of furan rings is 2. The summed E-state index contributed by atoms with van der Waals surface area (Å²) in [6.45, 7) is 0. The van der Waals surface area contributed by atoms with Crippen LogP contribution in [0.3, 0.4) is 0 Å². The highest BCUT2D eigenvalue weighted by Gasteiger charge is 2.34. The molecule has 0 bridgehead atoms. The summed E-state index contributed by atoms with van der Waals surface area (Å²) in [5, 5.41) is 8.19. The van der Waals surface area contributed by atoms with Gasteiger partial charge in [0.05, 0.1) is 34.6 Å². The maximum atomic E-state index is 12.7. The van der Waals surface area contributed by atoms with Crippen molar-refractivity contribution in [2.45, 2.75) is 18.2 Å². The number of hydrogen-bond acceptors (Lipinski definition) is 6. The van der Waals surface area contributed by atoms with Crippen LogP contribution in [-0.4, -0.2) is 22.4 Å². The molecular weight excluding hydrogens is 356 g/mol. The van der Waals surface area contributed by atoms with Crippen molar-refractivity contribution in [1.29, 1.82) is 0 Å². The van der Waals surface area contributed by atoms with Crippen LogP contribution in [0.25, 0.3) is 0 Å². The molecular formula is C18H16N2O3S2. The Bertz CT molecular complexity index is 839. The molecule has 0 aromatic carbocycles. The van der Waals surface area contributed by atoms with E-state index in [0.29, 0.717) is 17.9 Å². The number of rotatable bonds is 6. The third-order valence-electron chi connectivity index (χ3n) is 3.89. The molecule has 1 unspecified atom stereocenters. The van der Waals surface area contributed by atoms with Crippen molar-refractivity contribution < 1.29 is 13.6 Å². The monoisotopic (exact) mass is 372 g/mol. The lowest BCUT2D eigenvalue weighted by molar-refractivity contribution is -0.130. The van der Waals surface area contributed by atoms with Crippen molar-refractivity contribution in [3.05, 3.63) is 70.7 Å². The average molecular weight is 372 g/mol. The van der Waals surface area contributed by atoms with Crippen molar-refractivity contribution in [2.24, 2.45) is 5.10 Å². The van der Waals surface area contributed by atoms with E-state index in [9.17, 15) is 4.79 Å². The Morgan fingerprint density at radius 2 is 2.12 bits per heavy atom. The molecule has 4 heterocycles. The van der Waals surface area contributed by atoms with Gasteiger partial charge in [-0.05, 0) is 35.7 Å². The summed E-state index contributed by atoms with van der Waals surface area (Å²) in [4.78, 5) is 13.8. The molecule has 0 spiro atoms. The predicted molar refractivity (Wildman–Crippen MR) is 98.6 cm³/mol. The van der Waals surface area contributed by atoms with E-state index in [-0.39, 0.29) is 11.9 Å². The van der Waals surface area contributed by atoms with E-state index in [1.54, 1.807) is 28.9 Å². The number of hydrogen-bond donors (Lipinski definition) is 0. The molecule has 1 amide bonds. The first-order valence-electron chi connectivity index (χ1n) is 7.88. The highest BCUT2D eigenvalue weighted by Crippen LogP contribution is 2.34. The third-order valence-corrected chi connectivity index (χ3v) is 5.75. The average Bonchev–Trinajstić information content (AvgIpc) is 3.42. The van der Waals surface area contributed by atoms with Gasteiger partial charge < -0.3 is 8.83 Å². The Morgan fingerprint density at radius 3 is 2.84 bits per heavy atom. The van der Waals surface area contributed by atoms with E-state index in [2.05, 4.69) is 5.10 Å². The minimum atomic E-state index is -0.177. The largest absolute Gasteiger partial charge is 0.468 e. The van der Waals surface area contributed by atoms with Gasteiger partial charge >= 0.3 is 0 Å². The van der Waals surface area contributed by atoms with Crippen LogP contribution >= 0.6 is 23.1 Å². The number of amides is 1. The first kappa shape index (κ1) is 16.2. The molecule has 5 nitrogen and oxygen atoms in total. The Morgan fingerprint density at radius 1 is 1.24 bits per heavy atom. The van der Waals surface area contributed by atoms with Crippen molar-refractivity contribution >= 4 is 34.7 Å². The molecule has 0 aliphatic carbocycles. The normalized spacial score (nSPS) is 17.0. The number of carbonyl (C=O) groups excluding carboxylic acids is 1. The van der Waals surface area contributed by atoms with Gasteiger partial charge in [0, 0.05) is 6.42 Å². The molecule has 25 heavy (non-hydrogen) atoms. The topological polar surface area (TPSA) is 59.0 Å². The van der Waals surface area contributed by atoms with Crippen molar-refractivity contribution in [2.75, 3.05) is 5.75 Å². The van der Waals surface area contributed by atoms with Gasteiger partial charge in [0.1, 0.15) is 17.6 Å². The fourth-order valence-electron chi connectivity index (χ4n) is 2.73. The van der Waals surface area contributed by atoms with Crippen LogP contribution in [0.15, 0.2) is 68.2 Å². The summed E-state index contributed by atoms with van der Waals surface area (Å²) in [6.07, 6.45) is 3.94. The fraction of sp³-hybridized carbons (Fsp3) is 0.222. The highest BCUT2D eigenvalue weighted by atomic mass is 32.2. The van der Waals surface area contributed by atoms with E-state index >= 15 is 0 Å². The van der Waals surface area contributed by atoms with E-state index in [1.165, 1.54) is 11.8 Å². The molecule has 128 valence electrons. The zero-order valence-electron chi connectivity index (χ0n) is 13.3. The third kappa shape index (κ3) is 3.57. The van der Waals surface area contributed by atoms with E-state index in [0.717, 1.165) is 22.1 Å². The van der Waals surface area contributed by atoms with Crippen molar-refractivity contribution in [1.82, 2.24) is 5.01 Å². The van der Waals surface area contributed by atoms with Crippen LogP contribution in [0.4, 0.5) is 0 Å². The maximum Gasteiger partial charge on any atom is 0.253 e. The number of nitrogens with zero attached hydrogens (tertiary/aromatic N) is 2. The summed E-state index contributed by atoms with van der Waals surface area (Å²) in [5.74, 6) is 2.62. The first-order chi connectivity index (χ1) is 12.3. The lowest BCUT2D eigenvalue weighted by Gasteiger charge is -2.19. The fourth-order valence-corrected chi connectivity index (χ4v) is 4.23. The quantitative estimate of drug-likeness (QED) is 0.637. The van der Waals surface area contributed by atoms with Crippen molar-refractivity contribution in [3.8, 4) is 0 Å². The number of carbonyl (C=O) groups is 1. The van der Waals surface area contributed by atoms with E-state index < -0.39 is 0 Å². The molecule has 7 heteroatoms.